The second-order valence-electron chi connectivity index (χ2n) is 3.86. The van der Waals surface area contributed by atoms with Crippen molar-refractivity contribution >= 4 is 22.4 Å². The summed E-state index contributed by atoms with van der Waals surface area (Å²) in [4.78, 5) is 13.7. The largest absolute Gasteiger partial charge is 0.395 e. The van der Waals surface area contributed by atoms with Gasteiger partial charge in [0.1, 0.15) is 0 Å². The Bertz CT molecular complexity index is 572. The van der Waals surface area contributed by atoms with Gasteiger partial charge in [0.05, 0.1) is 12.3 Å². The molecule has 0 bridgehead atoms. The van der Waals surface area contributed by atoms with E-state index in [0.717, 1.165) is 22.0 Å². The Kier molecular flexibility index (Phi) is 1.94. The molecule has 2 aromatic rings. The topological polar surface area (TPSA) is 40.5 Å². The molecule has 0 saturated heterocycles. The van der Waals surface area contributed by atoms with Crippen LogP contribution in [-0.2, 0) is 0 Å². The highest BCUT2D eigenvalue weighted by Crippen LogP contribution is 2.36. The maximum absolute atomic E-state index is 12.1. The van der Waals surface area contributed by atoms with Gasteiger partial charge in [0.15, 0.2) is 0 Å². The number of aliphatic hydroxyl groups excluding tert-OH is 1. The number of benzene rings is 2. The summed E-state index contributed by atoms with van der Waals surface area (Å²) < 4.78 is 0. The molecule has 0 spiro atoms. The van der Waals surface area contributed by atoms with Gasteiger partial charge in [0.2, 0.25) is 0 Å². The highest BCUT2D eigenvalue weighted by atomic mass is 16.3. The Morgan fingerprint density at radius 1 is 1.12 bits per heavy atom. The van der Waals surface area contributed by atoms with Crippen molar-refractivity contribution in [3.8, 4) is 0 Å². The van der Waals surface area contributed by atoms with Crippen molar-refractivity contribution in [1.82, 2.24) is 0 Å². The average molecular weight is 213 g/mol. The molecule has 16 heavy (non-hydrogen) atoms. The molecule has 0 aliphatic carbocycles. The number of amides is 1. The van der Waals surface area contributed by atoms with E-state index in [0.29, 0.717) is 6.54 Å². The fraction of sp³-hybridized carbons (Fsp3) is 0.154. The molecule has 3 heteroatoms. The summed E-state index contributed by atoms with van der Waals surface area (Å²) in [5, 5.41) is 11.1. The average Bonchev–Trinajstić information content (AvgIpc) is 2.58. The van der Waals surface area contributed by atoms with Gasteiger partial charge in [0, 0.05) is 17.5 Å². The summed E-state index contributed by atoms with van der Waals surface area (Å²) in [5.74, 6) is -0.0131. The number of aliphatic hydroxyl groups is 1. The first-order chi connectivity index (χ1) is 7.83. The second-order valence-corrected chi connectivity index (χ2v) is 3.86. The Morgan fingerprint density at radius 3 is 2.62 bits per heavy atom. The van der Waals surface area contributed by atoms with E-state index in [1.165, 1.54) is 0 Å². The smallest absolute Gasteiger partial charge is 0.259 e. The second kappa shape index (κ2) is 3.32. The SMILES string of the molecule is O=C1c2cccc3cccc(c23)N1CCO. The first-order valence-corrected chi connectivity index (χ1v) is 5.27. The maximum atomic E-state index is 12.1. The first-order valence-electron chi connectivity index (χ1n) is 5.27. The molecule has 1 aliphatic rings. The van der Waals surface area contributed by atoms with Gasteiger partial charge in [0.25, 0.3) is 5.91 Å². The summed E-state index contributed by atoms with van der Waals surface area (Å²) in [5.41, 5.74) is 1.65. The van der Waals surface area contributed by atoms with Gasteiger partial charge in [-0.25, -0.2) is 0 Å². The van der Waals surface area contributed by atoms with Gasteiger partial charge in [-0.15, -0.1) is 0 Å². The van der Waals surface area contributed by atoms with Gasteiger partial charge in [-0.1, -0.05) is 24.3 Å². The molecule has 1 aliphatic heterocycles. The van der Waals surface area contributed by atoms with Crippen LogP contribution in [0.25, 0.3) is 10.8 Å². The van der Waals surface area contributed by atoms with Crippen molar-refractivity contribution in [1.29, 1.82) is 0 Å². The third-order valence-corrected chi connectivity index (χ3v) is 2.97. The molecule has 3 rings (SSSR count). The molecule has 0 unspecified atom stereocenters. The number of anilines is 1. The van der Waals surface area contributed by atoms with E-state index in [-0.39, 0.29) is 12.5 Å². The van der Waals surface area contributed by atoms with Crippen LogP contribution in [0.1, 0.15) is 10.4 Å². The van der Waals surface area contributed by atoms with E-state index in [4.69, 9.17) is 5.11 Å². The summed E-state index contributed by atoms with van der Waals surface area (Å²) in [7, 11) is 0. The van der Waals surface area contributed by atoms with Crippen LogP contribution in [0.15, 0.2) is 36.4 Å². The zero-order chi connectivity index (χ0) is 11.1. The summed E-state index contributed by atoms with van der Waals surface area (Å²) in [6.07, 6.45) is 0. The molecule has 1 N–H and O–H groups in total. The zero-order valence-corrected chi connectivity index (χ0v) is 8.68. The third-order valence-electron chi connectivity index (χ3n) is 2.97. The van der Waals surface area contributed by atoms with E-state index in [9.17, 15) is 4.79 Å². The number of β-amino-alcohol motifs (C(OH)–C–C–N with tert-alkyl or cyclic N) is 1. The van der Waals surface area contributed by atoms with Gasteiger partial charge >= 0.3 is 0 Å². The van der Waals surface area contributed by atoms with Crippen LogP contribution in [-0.4, -0.2) is 24.2 Å². The lowest BCUT2D eigenvalue weighted by molar-refractivity contribution is 0.0987. The van der Waals surface area contributed by atoms with Crippen LogP contribution in [0, 0.1) is 0 Å². The van der Waals surface area contributed by atoms with Crippen molar-refractivity contribution in [2.75, 3.05) is 18.1 Å². The maximum Gasteiger partial charge on any atom is 0.259 e. The van der Waals surface area contributed by atoms with E-state index in [1.54, 1.807) is 4.90 Å². The van der Waals surface area contributed by atoms with Crippen molar-refractivity contribution in [2.45, 2.75) is 0 Å². The predicted octanol–water partition coefficient (Wildman–Crippen LogP) is 1.79. The lowest BCUT2D eigenvalue weighted by Crippen LogP contribution is -2.29. The van der Waals surface area contributed by atoms with Crippen LogP contribution < -0.4 is 4.90 Å². The van der Waals surface area contributed by atoms with Gasteiger partial charge < -0.3 is 10.0 Å². The molecule has 1 heterocycles. The van der Waals surface area contributed by atoms with Gasteiger partial charge in [-0.3, -0.25) is 4.79 Å². The quantitative estimate of drug-likeness (QED) is 0.826. The minimum atomic E-state index is -0.0177. The summed E-state index contributed by atoms with van der Waals surface area (Å²) >= 11 is 0. The molecule has 0 atom stereocenters. The fourth-order valence-corrected chi connectivity index (χ4v) is 2.30. The number of rotatable bonds is 2. The lowest BCUT2D eigenvalue weighted by atomic mass is 10.1. The molecule has 80 valence electrons. The Labute approximate surface area is 92.9 Å². The van der Waals surface area contributed by atoms with Crippen molar-refractivity contribution < 1.29 is 9.90 Å². The first kappa shape index (κ1) is 9.36. The highest BCUT2D eigenvalue weighted by molar-refractivity contribution is 6.24. The normalized spacial score (nSPS) is 13.8. The van der Waals surface area contributed by atoms with Crippen LogP contribution in [0.3, 0.4) is 0 Å². The van der Waals surface area contributed by atoms with E-state index in [2.05, 4.69) is 0 Å². The standard InChI is InChI=1S/C13H11NO2/c15-8-7-14-11-6-2-4-9-3-1-5-10(12(9)11)13(14)16/h1-6,15H,7-8H2. The number of hydrogen-bond acceptors (Lipinski definition) is 2. The van der Waals surface area contributed by atoms with Crippen molar-refractivity contribution in [3.05, 3.63) is 42.0 Å². The van der Waals surface area contributed by atoms with Gasteiger partial charge in [-0.05, 0) is 17.5 Å². The van der Waals surface area contributed by atoms with Crippen molar-refractivity contribution in [3.63, 3.8) is 0 Å². The van der Waals surface area contributed by atoms with Crippen LogP contribution in [0.4, 0.5) is 5.69 Å². The Hall–Kier alpha value is -1.87. The molecule has 1 amide bonds. The lowest BCUT2D eigenvalue weighted by Gasteiger charge is -2.15. The third kappa shape index (κ3) is 1.09. The fourth-order valence-electron chi connectivity index (χ4n) is 2.30. The van der Waals surface area contributed by atoms with Gasteiger partial charge in [-0.2, -0.15) is 0 Å². The molecule has 0 saturated carbocycles. The number of carbonyl (C=O) groups excluding carboxylic acids is 1. The number of hydrogen-bond donors (Lipinski definition) is 1. The van der Waals surface area contributed by atoms with E-state index in [1.807, 2.05) is 36.4 Å². The van der Waals surface area contributed by atoms with Crippen LogP contribution in [0.2, 0.25) is 0 Å². The highest BCUT2D eigenvalue weighted by Gasteiger charge is 2.28. The molecule has 0 radical (unpaired) electrons. The minimum absolute atomic E-state index is 0.0131. The van der Waals surface area contributed by atoms with E-state index < -0.39 is 0 Å². The summed E-state index contributed by atoms with van der Waals surface area (Å²) in [6.45, 7) is 0.336. The molecule has 0 aromatic heterocycles. The van der Waals surface area contributed by atoms with Crippen LogP contribution >= 0.6 is 0 Å². The van der Waals surface area contributed by atoms with Crippen LogP contribution in [0.5, 0.6) is 0 Å². The van der Waals surface area contributed by atoms with E-state index >= 15 is 0 Å². The molecule has 2 aromatic carbocycles. The predicted molar refractivity (Wildman–Crippen MR) is 62.7 cm³/mol. The number of carbonyl (C=O) groups is 1. The Morgan fingerprint density at radius 2 is 1.88 bits per heavy atom. The monoisotopic (exact) mass is 213 g/mol. The minimum Gasteiger partial charge on any atom is -0.395 e. The molecule has 3 nitrogen and oxygen atoms in total. The Balaban J connectivity index is 2.31. The zero-order valence-electron chi connectivity index (χ0n) is 8.68. The molecule has 0 fully saturated rings. The summed E-state index contributed by atoms with van der Waals surface area (Å²) in [6, 6.07) is 11.6. The molecular formula is C13H11NO2. The molecular weight excluding hydrogens is 202 g/mol. The van der Waals surface area contributed by atoms with Crippen molar-refractivity contribution in [2.24, 2.45) is 0 Å². The number of nitrogens with zero attached hydrogens (tertiary/aromatic N) is 1.